The molecule has 0 bridgehead atoms. The monoisotopic (exact) mass is 1110 g/mol. The molecular formula is C68H117NO8P+. The van der Waals surface area contributed by atoms with Gasteiger partial charge in [-0.3, -0.25) is 18.6 Å². The van der Waals surface area contributed by atoms with E-state index in [0.717, 1.165) is 77.0 Å². The fourth-order valence-electron chi connectivity index (χ4n) is 8.19. The minimum absolute atomic E-state index is 0.0148. The summed E-state index contributed by atoms with van der Waals surface area (Å²) in [4.78, 5) is 35.7. The van der Waals surface area contributed by atoms with Crippen molar-refractivity contribution in [1.29, 1.82) is 0 Å². The number of quaternary nitrogens is 1. The summed E-state index contributed by atoms with van der Waals surface area (Å²) in [5, 5.41) is 0. The van der Waals surface area contributed by atoms with Gasteiger partial charge >= 0.3 is 19.8 Å². The average Bonchev–Trinajstić information content (AvgIpc) is 3.40. The number of rotatable bonds is 56. The van der Waals surface area contributed by atoms with Gasteiger partial charge in [-0.1, -0.05) is 251 Å². The van der Waals surface area contributed by atoms with Crippen LogP contribution in [-0.4, -0.2) is 74.9 Å². The van der Waals surface area contributed by atoms with Crippen molar-refractivity contribution in [2.24, 2.45) is 0 Å². The molecule has 2 unspecified atom stereocenters. The maximum absolute atomic E-state index is 12.8. The van der Waals surface area contributed by atoms with E-state index < -0.39 is 26.5 Å². The molecule has 0 amide bonds. The largest absolute Gasteiger partial charge is 0.472 e. The zero-order valence-electron chi connectivity index (χ0n) is 50.6. The molecule has 446 valence electrons. The third kappa shape index (κ3) is 61.6. The van der Waals surface area contributed by atoms with Gasteiger partial charge in [0, 0.05) is 12.8 Å². The highest BCUT2D eigenvalue weighted by Crippen LogP contribution is 2.43. The number of allylic oxidation sites excluding steroid dienone is 20. The molecule has 0 fully saturated rings. The van der Waals surface area contributed by atoms with Crippen LogP contribution in [0.3, 0.4) is 0 Å². The van der Waals surface area contributed by atoms with Gasteiger partial charge in [-0.2, -0.15) is 0 Å². The smallest absolute Gasteiger partial charge is 0.462 e. The first-order valence-corrected chi connectivity index (χ1v) is 32.8. The molecule has 0 aliphatic carbocycles. The van der Waals surface area contributed by atoms with Crippen LogP contribution in [0.5, 0.6) is 0 Å². The van der Waals surface area contributed by atoms with Crippen LogP contribution in [0.15, 0.2) is 122 Å². The minimum Gasteiger partial charge on any atom is -0.462 e. The van der Waals surface area contributed by atoms with Crippen molar-refractivity contribution >= 4 is 19.8 Å². The van der Waals surface area contributed by atoms with Crippen molar-refractivity contribution in [2.45, 2.75) is 251 Å². The lowest BCUT2D eigenvalue weighted by molar-refractivity contribution is -0.870. The van der Waals surface area contributed by atoms with Crippen LogP contribution in [0, 0.1) is 0 Å². The lowest BCUT2D eigenvalue weighted by atomic mass is 10.0. The number of unbranched alkanes of at least 4 members (excludes halogenated alkanes) is 22. The van der Waals surface area contributed by atoms with E-state index in [1.54, 1.807) is 0 Å². The summed E-state index contributed by atoms with van der Waals surface area (Å²) in [5.41, 5.74) is 0. The molecule has 0 heterocycles. The number of phosphoric ester groups is 1. The summed E-state index contributed by atoms with van der Waals surface area (Å²) in [7, 11) is 1.43. The molecule has 0 saturated heterocycles. The van der Waals surface area contributed by atoms with Crippen LogP contribution in [0.2, 0.25) is 0 Å². The molecule has 0 rings (SSSR count). The Hall–Kier alpha value is -3.59. The summed E-state index contributed by atoms with van der Waals surface area (Å²) in [6.45, 7) is 4.24. The molecule has 0 aliphatic heterocycles. The van der Waals surface area contributed by atoms with Crippen LogP contribution in [-0.2, 0) is 32.7 Å². The zero-order valence-corrected chi connectivity index (χ0v) is 51.5. The van der Waals surface area contributed by atoms with Gasteiger partial charge in [-0.05, 0) is 103 Å². The topological polar surface area (TPSA) is 108 Å². The number of nitrogens with zero attached hydrogens (tertiary/aromatic N) is 1. The molecule has 1 N–H and O–H groups in total. The fraction of sp³-hybridized carbons (Fsp3) is 0.676. The van der Waals surface area contributed by atoms with E-state index in [1.165, 1.54) is 128 Å². The molecule has 0 aromatic rings. The summed E-state index contributed by atoms with van der Waals surface area (Å²) < 4.78 is 34.5. The van der Waals surface area contributed by atoms with E-state index in [0.29, 0.717) is 23.9 Å². The van der Waals surface area contributed by atoms with Crippen molar-refractivity contribution in [3.05, 3.63) is 122 Å². The first kappa shape index (κ1) is 74.4. The maximum Gasteiger partial charge on any atom is 0.472 e. The number of carbonyl (C=O) groups excluding carboxylic acids is 2. The molecule has 78 heavy (non-hydrogen) atoms. The number of hydrogen-bond donors (Lipinski definition) is 1. The molecule has 0 radical (unpaired) electrons. The predicted molar refractivity (Wildman–Crippen MR) is 334 cm³/mol. The number of phosphoric acid groups is 1. The Morgan fingerprint density at radius 2 is 0.744 bits per heavy atom. The van der Waals surface area contributed by atoms with E-state index in [1.807, 2.05) is 27.2 Å². The first-order valence-electron chi connectivity index (χ1n) is 31.3. The van der Waals surface area contributed by atoms with Crippen LogP contribution in [0.4, 0.5) is 0 Å². The van der Waals surface area contributed by atoms with Crippen molar-refractivity contribution in [3.8, 4) is 0 Å². The van der Waals surface area contributed by atoms with E-state index in [-0.39, 0.29) is 32.0 Å². The lowest BCUT2D eigenvalue weighted by Crippen LogP contribution is -2.37. The molecule has 0 aromatic heterocycles. The molecule has 0 aliphatic rings. The Bertz CT molecular complexity index is 1730. The number of likely N-dealkylation sites (N-methyl/N-ethyl adjacent to an activating group) is 1. The normalized spacial score (nSPS) is 14.1. The first-order chi connectivity index (χ1) is 38.0. The van der Waals surface area contributed by atoms with E-state index in [2.05, 4.69) is 129 Å². The molecular weight excluding hydrogens is 990 g/mol. The number of ether oxygens (including phenoxy) is 2. The quantitative estimate of drug-likeness (QED) is 0.0211. The summed E-state index contributed by atoms with van der Waals surface area (Å²) in [6, 6.07) is 0. The minimum atomic E-state index is -4.41. The second-order valence-electron chi connectivity index (χ2n) is 21.7. The van der Waals surface area contributed by atoms with E-state index in [4.69, 9.17) is 18.5 Å². The highest BCUT2D eigenvalue weighted by Gasteiger charge is 2.27. The number of hydrogen-bond acceptors (Lipinski definition) is 7. The van der Waals surface area contributed by atoms with Crippen LogP contribution in [0.1, 0.15) is 245 Å². The molecule has 10 heteroatoms. The zero-order chi connectivity index (χ0) is 57.0. The van der Waals surface area contributed by atoms with Crippen LogP contribution in [0.25, 0.3) is 0 Å². The summed E-state index contributed by atoms with van der Waals surface area (Å²) in [5.74, 6) is -0.871. The Morgan fingerprint density at radius 3 is 1.13 bits per heavy atom. The molecule has 9 nitrogen and oxygen atoms in total. The van der Waals surface area contributed by atoms with Crippen molar-refractivity contribution in [1.82, 2.24) is 0 Å². The Morgan fingerprint density at radius 1 is 0.410 bits per heavy atom. The van der Waals surface area contributed by atoms with Gasteiger partial charge in [0.2, 0.25) is 0 Å². The standard InChI is InChI=1S/C68H116NO8P/c1-6-8-10-12-14-16-18-20-22-24-26-28-30-31-32-33-34-35-36-37-39-40-42-44-46-48-50-52-54-56-58-60-67(70)74-64-66(65-76-78(72,73)75-63-62-69(3,4)5)77-68(71)61-59-57-55-53-51-49-47-45-43-41-38-29-27-25-23-21-19-17-15-13-11-9-7-2/h9,11,15,17-18,20-21,23-24,26-27,29-31,41,43,47,49,53,55,66H,6-8,10,12-14,16,19,22,25,28,32-40,42,44-46,48,50-52,54,56-65H2,1-5H3/p+1/b11-9-,17-15-,20-18-,23-21-,26-24-,29-27-,31-30-,43-41-,49-47-,55-53-. The van der Waals surface area contributed by atoms with Gasteiger partial charge in [0.05, 0.1) is 27.7 Å². The predicted octanol–water partition coefficient (Wildman–Crippen LogP) is 19.9. The second kappa shape index (κ2) is 58.1. The molecule has 2 atom stereocenters. The second-order valence-corrected chi connectivity index (χ2v) is 23.2. The Kier molecular flexibility index (Phi) is 55.4. The van der Waals surface area contributed by atoms with Gasteiger partial charge in [-0.15, -0.1) is 0 Å². The Labute approximate surface area is 479 Å². The fourth-order valence-corrected chi connectivity index (χ4v) is 8.93. The van der Waals surface area contributed by atoms with Gasteiger partial charge in [0.1, 0.15) is 19.8 Å². The maximum atomic E-state index is 12.8. The SMILES string of the molecule is CC/C=C\C/C=C\C/C=C\C/C=C\C/C=C\C/C=C\C/C=C\CCCC(=O)OC(COC(=O)CCCCCCCCCCCCCCCCCC/C=C\C/C=C\C/C=C\CCCCCCC)COP(=O)(O)OCC[N+](C)(C)C. The summed E-state index contributed by atoms with van der Waals surface area (Å²) in [6.07, 6.45) is 82.9. The van der Waals surface area contributed by atoms with Gasteiger partial charge in [-0.25, -0.2) is 4.57 Å². The van der Waals surface area contributed by atoms with Crippen LogP contribution >= 0.6 is 7.82 Å². The Balaban J connectivity index is 4.19. The van der Waals surface area contributed by atoms with Gasteiger partial charge < -0.3 is 18.9 Å². The highest BCUT2D eigenvalue weighted by molar-refractivity contribution is 7.47. The summed E-state index contributed by atoms with van der Waals surface area (Å²) >= 11 is 0. The van der Waals surface area contributed by atoms with Gasteiger partial charge in [0.15, 0.2) is 6.10 Å². The highest BCUT2D eigenvalue weighted by atomic mass is 31.2. The molecule has 0 spiro atoms. The van der Waals surface area contributed by atoms with Crippen molar-refractivity contribution < 1.29 is 42.1 Å². The molecule has 0 saturated carbocycles. The average molecular weight is 1110 g/mol. The van der Waals surface area contributed by atoms with Crippen LogP contribution < -0.4 is 0 Å². The lowest BCUT2D eigenvalue weighted by Gasteiger charge is -2.24. The number of carbonyl (C=O) groups is 2. The van der Waals surface area contributed by atoms with E-state index in [9.17, 15) is 19.0 Å². The van der Waals surface area contributed by atoms with Gasteiger partial charge in [0.25, 0.3) is 0 Å². The van der Waals surface area contributed by atoms with Crippen molar-refractivity contribution in [2.75, 3.05) is 47.5 Å². The van der Waals surface area contributed by atoms with E-state index >= 15 is 0 Å². The number of esters is 2. The molecule has 0 aromatic carbocycles. The third-order valence-electron chi connectivity index (χ3n) is 13.0. The third-order valence-corrected chi connectivity index (χ3v) is 14.0. The van der Waals surface area contributed by atoms with Crippen molar-refractivity contribution in [3.63, 3.8) is 0 Å².